The molecule has 0 aromatic heterocycles. The lowest BCUT2D eigenvalue weighted by Gasteiger charge is -2.27. The number of benzene rings is 1. The van der Waals surface area contributed by atoms with Crippen LogP contribution >= 0.6 is 0 Å². The highest BCUT2D eigenvalue weighted by Gasteiger charge is 2.17. The molecule has 0 unspecified atom stereocenters. The molecular formula is C13H21NO. The number of rotatable bonds is 4. The lowest BCUT2D eigenvalue weighted by atomic mass is 10.0. The van der Waals surface area contributed by atoms with Crippen molar-refractivity contribution in [3.63, 3.8) is 0 Å². The second-order valence-electron chi connectivity index (χ2n) is 4.63. The van der Waals surface area contributed by atoms with Crippen LogP contribution in [-0.4, -0.2) is 17.3 Å². The van der Waals surface area contributed by atoms with Gasteiger partial charge in [-0.15, -0.1) is 0 Å². The normalized spacial score (nSPS) is 11.5. The number of aryl methyl sites for hydroxylation is 2. The van der Waals surface area contributed by atoms with Gasteiger partial charge < -0.3 is 10.4 Å². The maximum Gasteiger partial charge on any atom is 0.0656 e. The Labute approximate surface area is 92.3 Å². The predicted molar refractivity (Wildman–Crippen MR) is 65.3 cm³/mol. The Morgan fingerprint density at radius 2 is 2.00 bits per heavy atom. The summed E-state index contributed by atoms with van der Waals surface area (Å²) in [5.74, 6) is 0. The molecule has 0 amide bonds. The van der Waals surface area contributed by atoms with Crippen molar-refractivity contribution in [3.05, 3.63) is 29.3 Å². The van der Waals surface area contributed by atoms with Gasteiger partial charge in [-0.2, -0.15) is 0 Å². The topological polar surface area (TPSA) is 32.3 Å². The summed E-state index contributed by atoms with van der Waals surface area (Å²) in [5, 5.41) is 12.7. The van der Waals surface area contributed by atoms with E-state index in [-0.39, 0.29) is 12.1 Å². The van der Waals surface area contributed by atoms with Crippen LogP contribution in [0.15, 0.2) is 18.2 Å². The van der Waals surface area contributed by atoms with Crippen molar-refractivity contribution < 1.29 is 5.11 Å². The number of hydrogen-bond donors (Lipinski definition) is 2. The fourth-order valence-electron chi connectivity index (χ4n) is 1.58. The summed E-state index contributed by atoms with van der Waals surface area (Å²) < 4.78 is 0. The Balaban J connectivity index is 3.02. The lowest BCUT2D eigenvalue weighted by Crippen LogP contribution is -2.35. The summed E-state index contributed by atoms with van der Waals surface area (Å²) in [7, 11) is 0. The molecule has 1 aromatic carbocycles. The molecule has 0 bridgehead atoms. The third-order valence-corrected chi connectivity index (χ3v) is 2.60. The zero-order valence-corrected chi connectivity index (χ0v) is 10.1. The molecule has 2 nitrogen and oxygen atoms in total. The van der Waals surface area contributed by atoms with E-state index in [0.29, 0.717) is 0 Å². The Kier molecular flexibility index (Phi) is 3.75. The SMILES string of the molecule is CCc1cccc(C)c1NC(C)(C)CO. The van der Waals surface area contributed by atoms with Gasteiger partial charge in [0.1, 0.15) is 0 Å². The summed E-state index contributed by atoms with van der Waals surface area (Å²) in [6, 6.07) is 6.29. The van der Waals surface area contributed by atoms with E-state index in [1.165, 1.54) is 16.8 Å². The molecule has 0 spiro atoms. The van der Waals surface area contributed by atoms with E-state index >= 15 is 0 Å². The molecule has 2 heteroatoms. The van der Waals surface area contributed by atoms with E-state index < -0.39 is 0 Å². The van der Waals surface area contributed by atoms with Crippen LogP contribution in [0.1, 0.15) is 31.9 Å². The third-order valence-electron chi connectivity index (χ3n) is 2.60. The highest BCUT2D eigenvalue weighted by Crippen LogP contribution is 2.24. The molecule has 0 aliphatic rings. The number of anilines is 1. The lowest BCUT2D eigenvalue weighted by molar-refractivity contribution is 0.234. The molecule has 1 rings (SSSR count). The summed E-state index contributed by atoms with van der Waals surface area (Å²) in [5.41, 5.74) is 3.43. The van der Waals surface area contributed by atoms with Crippen molar-refractivity contribution in [3.8, 4) is 0 Å². The molecule has 0 aliphatic carbocycles. The van der Waals surface area contributed by atoms with Crippen molar-refractivity contribution in [1.82, 2.24) is 0 Å². The van der Waals surface area contributed by atoms with Gasteiger partial charge in [-0.3, -0.25) is 0 Å². The summed E-state index contributed by atoms with van der Waals surface area (Å²) >= 11 is 0. The maximum atomic E-state index is 9.25. The van der Waals surface area contributed by atoms with Gasteiger partial charge >= 0.3 is 0 Å². The molecule has 0 radical (unpaired) electrons. The molecule has 0 fully saturated rings. The molecular weight excluding hydrogens is 186 g/mol. The van der Waals surface area contributed by atoms with Crippen molar-refractivity contribution in [2.45, 2.75) is 39.7 Å². The number of hydrogen-bond acceptors (Lipinski definition) is 2. The van der Waals surface area contributed by atoms with E-state index in [0.717, 1.165) is 6.42 Å². The van der Waals surface area contributed by atoms with Gasteiger partial charge in [0.2, 0.25) is 0 Å². The van der Waals surface area contributed by atoms with Crippen molar-refractivity contribution >= 4 is 5.69 Å². The smallest absolute Gasteiger partial charge is 0.0656 e. The second-order valence-corrected chi connectivity index (χ2v) is 4.63. The number of para-hydroxylation sites is 1. The van der Waals surface area contributed by atoms with Crippen LogP contribution in [0.25, 0.3) is 0 Å². The minimum absolute atomic E-state index is 0.129. The van der Waals surface area contributed by atoms with Gasteiger partial charge in [0.15, 0.2) is 0 Å². The zero-order chi connectivity index (χ0) is 11.5. The first kappa shape index (κ1) is 12.1. The molecule has 0 saturated heterocycles. The molecule has 0 saturated carbocycles. The van der Waals surface area contributed by atoms with Crippen molar-refractivity contribution in [2.24, 2.45) is 0 Å². The largest absolute Gasteiger partial charge is 0.394 e. The fraction of sp³-hybridized carbons (Fsp3) is 0.538. The Morgan fingerprint density at radius 1 is 1.33 bits per heavy atom. The molecule has 1 aromatic rings. The average Bonchev–Trinajstić information content (AvgIpc) is 2.21. The van der Waals surface area contributed by atoms with E-state index in [2.05, 4.69) is 37.4 Å². The van der Waals surface area contributed by atoms with Crippen LogP contribution in [0, 0.1) is 6.92 Å². The van der Waals surface area contributed by atoms with Gasteiger partial charge in [-0.25, -0.2) is 0 Å². The minimum atomic E-state index is -0.268. The van der Waals surface area contributed by atoms with Crippen LogP contribution in [-0.2, 0) is 6.42 Å². The summed E-state index contributed by atoms with van der Waals surface area (Å²) in [6.45, 7) is 8.36. The third kappa shape index (κ3) is 2.96. The van der Waals surface area contributed by atoms with E-state index in [4.69, 9.17) is 0 Å². The van der Waals surface area contributed by atoms with Crippen LogP contribution in [0.3, 0.4) is 0 Å². The second kappa shape index (κ2) is 4.67. The Bertz CT molecular complexity index is 331. The molecule has 84 valence electrons. The van der Waals surface area contributed by atoms with Gasteiger partial charge in [0, 0.05) is 5.69 Å². The number of nitrogens with one attached hydrogen (secondary N) is 1. The van der Waals surface area contributed by atoms with Crippen LogP contribution in [0.2, 0.25) is 0 Å². The monoisotopic (exact) mass is 207 g/mol. The fourth-order valence-corrected chi connectivity index (χ4v) is 1.58. The van der Waals surface area contributed by atoms with Crippen molar-refractivity contribution in [2.75, 3.05) is 11.9 Å². The Morgan fingerprint density at radius 3 is 2.53 bits per heavy atom. The molecule has 0 aliphatic heterocycles. The zero-order valence-electron chi connectivity index (χ0n) is 10.1. The first-order valence-electron chi connectivity index (χ1n) is 5.47. The summed E-state index contributed by atoms with van der Waals surface area (Å²) in [6.07, 6.45) is 1.01. The molecule has 0 heterocycles. The maximum absolute atomic E-state index is 9.25. The average molecular weight is 207 g/mol. The van der Waals surface area contributed by atoms with Crippen LogP contribution < -0.4 is 5.32 Å². The van der Waals surface area contributed by atoms with Gasteiger partial charge in [0.05, 0.1) is 12.1 Å². The Hall–Kier alpha value is -1.02. The predicted octanol–water partition coefficient (Wildman–Crippen LogP) is 2.74. The van der Waals surface area contributed by atoms with E-state index in [9.17, 15) is 5.11 Å². The minimum Gasteiger partial charge on any atom is -0.394 e. The van der Waals surface area contributed by atoms with Crippen LogP contribution in [0.5, 0.6) is 0 Å². The van der Waals surface area contributed by atoms with Gasteiger partial charge in [-0.1, -0.05) is 25.1 Å². The van der Waals surface area contributed by atoms with Gasteiger partial charge in [0.25, 0.3) is 0 Å². The van der Waals surface area contributed by atoms with E-state index in [1.54, 1.807) is 0 Å². The standard InChI is InChI=1S/C13H21NO/c1-5-11-8-6-7-10(2)12(11)14-13(3,4)9-15/h6-8,14-15H,5,9H2,1-4H3. The quantitative estimate of drug-likeness (QED) is 0.795. The number of aliphatic hydroxyl groups is 1. The number of aliphatic hydroxyl groups excluding tert-OH is 1. The first-order valence-corrected chi connectivity index (χ1v) is 5.47. The first-order chi connectivity index (χ1) is 7.00. The van der Waals surface area contributed by atoms with E-state index in [1.807, 2.05) is 13.8 Å². The molecule has 2 N–H and O–H groups in total. The van der Waals surface area contributed by atoms with Crippen molar-refractivity contribution in [1.29, 1.82) is 0 Å². The highest BCUT2D eigenvalue weighted by atomic mass is 16.3. The van der Waals surface area contributed by atoms with Crippen LogP contribution in [0.4, 0.5) is 5.69 Å². The molecule has 0 atom stereocenters. The summed E-state index contributed by atoms with van der Waals surface area (Å²) in [4.78, 5) is 0. The molecule has 15 heavy (non-hydrogen) atoms. The van der Waals surface area contributed by atoms with Gasteiger partial charge in [-0.05, 0) is 38.3 Å². The highest BCUT2D eigenvalue weighted by molar-refractivity contribution is 5.58.